The summed E-state index contributed by atoms with van der Waals surface area (Å²) in [6.45, 7) is 6.08. The van der Waals surface area contributed by atoms with Crippen molar-refractivity contribution in [3.8, 4) is 0 Å². The molecule has 0 heterocycles. The summed E-state index contributed by atoms with van der Waals surface area (Å²) in [6, 6.07) is 0.400. The summed E-state index contributed by atoms with van der Waals surface area (Å²) in [5, 5.41) is 6.16. The lowest BCUT2D eigenvalue weighted by molar-refractivity contribution is -0.121. The second-order valence-electron chi connectivity index (χ2n) is 4.77. The van der Waals surface area contributed by atoms with Gasteiger partial charge in [0.15, 0.2) is 0 Å². The van der Waals surface area contributed by atoms with Gasteiger partial charge in [-0.15, -0.1) is 6.58 Å². The van der Waals surface area contributed by atoms with E-state index in [0.717, 1.165) is 25.8 Å². The average Bonchev–Trinajstić information content (AvgIpc) is 2.39. The van der Waals surface area contributed by atoms with E-state index in [1.165, 1.54) is 19.3 Å². The SMILES string of the molecule is C=CCCOCCNCC(=O)NC1CCCCC1. The average molecular weight is 254 g/mol. The summed E-state index contributed by atoms with van der Waals surface area (Å²) in [5.41, 5.74) is 0. The second-order valence-corrected chi connectivity index (χ2v) is 4.77. The highest BCUT2D eigenvalue weighted by Gasteiger charge is 2.14. The molecule has 2 N–H and O–H groups in total. The largest absolute Gasteiger partial charge is 0.380 e. The van der Waals surface area contributed by atoms with E-state index in [4.69, 9.17) is 4.74 Å². The minimum Gasteiger partial charge on any atom is -0.380 e. The van der Waals surface area contributed by atoms with Crippen molar-refractivity contribution in [3.63, 3.8) is 0 Å². The third-order valence-electron chi connectivity index (χ3n) is 3.15. The molecule has 1 amide bonds. The third-order valence-corrected chi connectivity index (χ3v) is 3.15. The number of nitrogens with one attached hydrogen (secondary N) is 2. The normalized spacial score (nSPS) is 16.4. The molecular weight excluding hydrogens is 228 g/mol. The van der Waals surface area contributed by atoms with Gasteiger partial charge in [-0.25, -0.2) is 0 Å². The first-order chi connectivity index (χ1) is 8.83. The van der Waals surface area contributed by atoms with Crippen LogP contribution in [0, 0.1) is 0 Å². The van der Waals surface area contributed by atoms with E-state index in [-0.39, 0.29) is 5.91 Å². The van der Waals surface area contributed by atoms with E-state index in [9.17, 15) is 4.79 Å². The predicted molar refractivity (Wildman–Crippen MR) is 73.5 cm³/mol. The Morgan fingerprint density at radius 2 is 2.06 bits per heavy atom. The van der Waals surface area contributed by atoms with Gasteiger partial charge in [0.2, 0.25) is 5.91 Å². The van der Waals surface area contributed by atoms with E-state index >= 15 is 0 Å². The molecule has 0 atom stereocenters. The third kappa shape index (κ3) is 7.45. The molecule has 4 nitrogen and oxygen atoms in total. The summed E-state index contributed by atoms with van der Waals surface area (Å²) in [5.74, 6) is 0.105. The first-order valence-electron chi connectivity index (χ1n) is 7.01. The van der Waals surface area contributed by atoms with Gasteiger partial charge in [-0.05, 0) is 19.3 Å². The van der Waals surface area contributed by atoms with Gasteiger partial charge in [0, 0.05) is 12.6 Å². The maximum absolute atomic E-state index is 11.6. The molecular formula is C14H26N2O2. The molecule has 0 saturated heterocycles. The van der Waals surface area contributed by atoms with Crippen molar-refractivity contribution in [2.75, 3.05) is 26.3 Å². The van der Waals surface area contributed by atoms with Crippen molar-refractivity contribution in [1.82, 2.24) is 10.6 Å². The number of carbonyl (C=O) groups excluding carboxylic acids is 1. The summed E-state index contributed by atoms with van der Waals surface area (Å²) in [7, 11) is 0. The molecule has 1 rings (SSSR count). The van der Waals surface area contributed by atoms with Crippen molar-refractivity contribution in [2.45, 2.75) is 44.6 Å². The summed E-state index contributed by atoms with van der Waals surface area (Å²) < 4.78 is 5.34. The van der Waals surface area contributed by atoms with Crippen LogP contribution in [0.5, 0.6) is 0 Å². The first kappa shape index (κ1) is 15.2. The number of carbonyl (C=O) groups is 1. The molecule has 1 saturated carbocycles. The van der Waals surface area contributed by atoms with Crippen LogP contribution < -0.4 is 10.6 Å². The Labute approximate surface area is 110 Å². The molecule has 104 valence electrons. The quantitative estimate of drug-likeness (QED) is 0.485. The Morgan fingerprint density at radius 3 is 2.78 bits per heavy atom. The lowest BCUT2D eigenvalue weighted by atomic mass is 9.95. The number of hydrogen-bond donors (Lipinski definition) is 2. The van der Waals surface area contributed by atoms with Gasteiger partial charge in [0.1, 0.15) is 0 Å². The maximum Gasteiger partial charge on any atom is 0.234 e. The highest BCUT2D eigenvalue weighted by molar-refractivity contribution is 5.78. The van der Waals surface area contributed by atoms with E-state index in [2.05, 4.69) is 17.2 Å². The van der Waals surface area contributed by atoms with Crippen molar-refractivity contribution in [3.05, 3.63) is 12.7 Å². The second kappa shape index (κ2) is 10.1. The van der Waals surface area contributed by atoms with E-state index in [1.54, 1.807) is 0 Å². The van der Waals surface area contributed by atoms with Gasteiger partial charge >= 0.3 is 0 Å². The topological polar surface area (TPSA) is 50.4 Å². The highest BCUT2D eigenvalue weighted by atomic mass is 16.5. The molecule has 1 fully saturated rings. The lowest BCUT2D eigenvalue weighted by Crippen LogP contribution is -2.41. The standard InChI is InChI=1S/C14H26N2O2/c1-2-3-10-18-11-9-15-12-14(17)16-13-7-5-4-6-8-13/h2,13,15H,1,3-12H2,(H,16,17). The van der Waals surface area contributed by atoms with Crippen molar-refractivity contribution in [1.29, 1.82) is 0 Å². The lowest BCUT2D eigenvalue weighted by Gasteiger charge is -2.22. The highest BCUT2D eigenvalue weighted by Crippen LogP contribution is 2.16. The monoisotopic (exact) mass is 254 g/mol. The molecule has 4 heteroatoms. The van der Waals surface area contributed by atoms with Gasteiger partial charge in [0.25, 0.3) is 0 Å². The zero-order valence-corrected chi connectivity index (χ0v) is 11.2. The molecule has 1 aliphatic rings. The fourth-order valence-electron chi connectivity index (χ4n) is 2.14. The summed E-state index contributed by atoms with van der Waals surface area (Å²) in [4.78, 5) is 11.6. The van der Waals surface area contributed by atoms with Crippen LogP contribution in [-0.4, -0.2) is 38.3 Å². The smallest absolute Gasteiger partial charge is 0.234 e. The van der Waals surface area contributed by atoms with Crippen LogP contribution in [0.1, 0.15) is 38.5 Å². The predicted octanol–water partition coefficient (Wildman–Crippen LogP) is 1.62. The van der Waals surface area contributed by atoms with Crippen LogP contribution in [0.3, 0.4) is 0 Å². The van der Waals surface area contributed by atoms with Gasteiger partial charge in [0.05, 0.1) is 19.8 Å². The summed E-state index contributed by atoms with van der Waals surface area (Å²) in [6.07, 6.45) is 8.79. The minimum atomic E-state index is 0.105. The van der Waals surface area contributed by atoms with Gasteiger partial charge in [-0.1, -0.05) is 25.3 Å². The molecule has 0 spiro atoms. The van der Waals surface area contributed by atoms with Crippen LogP contribution in [0.25, 0.3) is 0 Å². The molecule has 18 heavy (non-hydrogen) atoms. The van der Waals surface area contributed by atoms with Crippen molar-refractivity contribution in [2.24, 2.45) is 0 Å². The van der Waals surface area contributed by atoms with Gasteiger partial charge in [-0.2, -0.15) is 0 Å². The maximum atomic E-state index is 11.6. The fraction of sp³-hybridized carbons (Fsp3) is 0.786. The minimum absolute atomic E-state index is 0.105. The number of hydrogen-bond acceptors (Lipinski definition) is 3. The summed E-state index contributed by atoms with van der Waals surface area (Å²) >= 11 is 0. The van der Waals surface area contributed by atoms with E-state index in [1.807, 2.05) is 6.08 Å². The van der Waals surface area contributed by atoms with Gasteiger partial charge < -0.3 is 15.4 Å². The van der Waals surface area contributed by atoms with Crippen LogP contribution in [0.2, 0.25) is 0 Å². The van der Waals surface area contributed by atoms with Crippen molar-refractivity contribution < 1.29 is 9.53 Å². The number of ether oxygens (including phenoxy) is 1. The van der Waals surface area contributed by atoms with Crippen LogP contribution in [0.4, 0.5) is 0 Å². The molecule has 0 bridgehead atoms. The first-order valence-corrected chi connectivity index (χ1v) is 7.01. The molecule has 0 aromatic carbocycles. The Balaban J connectivity index is 1.91. The Hall–Kier alpha value is -0.870. The number of amides is 1. The van der Waals surface area contributed by atoms with Gasteiger partial charge in [-0.3, -0.25) is 4.79 Å². The Bertz CT molecular complexity index is 238. The molecule has 0 aromatic rings. The number of rotatable bonds is 9. The van der Waals surface area contributed by atoms with E-state index < -0.39 is 0 Å². The zero-order chi connectivity index (χ0) is 13.1. The zero-order valence-electron chi connectivity index (χ0n) is 11.2. The molecule has 0 radical (unpaired) electrons. The van der Waals surface area contributed by atoms with E-state index in [0.29, 0.717) is 25.8 Å². The van der Waals surface area contributed by atoms with Crippen LogP contribution in [0.15, 0.2) is 12.7 Å². The molecule has 0 unspecified atom stereocenters. The molecule has 0 aliphatic heterocycles. The molecule has 1 aliphatic carbocycles. The van der Waals surface area contributed by atoms with Crippen molar-refractivity contribution >= 4 is 5.91 Å². The Kier molecular flexibility index (Phi) is 8.51. The van der Waals surface area contributed by atoms with Crippen LogP contribution in [-0.2, 0) is 9.53 Å². The fourth-order valence-corrected chi connectivity index (χ4v) is 2.14. The molecule has 0 aromatic heterocycles. The van der Waals surface area contributed by atoms with Crippen LogP contribution >= 0.6 is 0 Å². The Morgan fingerprint density at radius 1 is 1.28 bits per heavy atom.